The van der Waals surface area contributed by atoms with E-state index in [0.29, 0.717) is 17.8 Å². The number of likely N-dealkylation sites (N-methyl/N-ethyl adjacent to an activating group) is 1. The summed E-state index contributed by atoms with van der Waals surface area (Å²) < 4.78 is 0. The lowest BCUT2D eigenvalue weighted by Crippen LogP contribution is -2.46. The van der Waals surface area contributed by atoms with Crippen molar-refractivity contribution >= 4 is 23.5 Å². The molecule has 1 heterocycles. The molecule has 1 aromatic rings. The monoisotopic (exact) mass is 346 g/mol. The number of piperidine rings is 1. The summed E-state index contributed by atoms with van der Waals surface area (Å²) in [5, 5.41) is 7.88. The SMILES string of the molecule is CCNC(=O)C(C)NC(=O)Nc1cccc(C(=O)N2CCCCC2)c1. The summed E-state index contributed by atoms with van der Waals surface area (Å²) in [7, 11) is 0. The summed E-state index contributed by atoms with van der Waals surface area (Å²) in [6.07, 6.45) is 3.23. The van der Waals surface area contributed by atoms with Crippen molar-refractivity contribution in [1.29, 1.82) is 0 Å². The van der Waals surface area contributed by atoms with Gasteiger partial charge in [-0.15, -0.1) is 0 Å². The molecule has 3 N–H and O–H groups in total. The number of anilines is 1. The first-order valence-corrected chi connectivity index (χ1v) is 8.76. The minimum atomic E-state index is -0.641. The van der Waals surface area contributed by atoms with Crippen molar-refractivity contribution in [3.8, 4) is 0 Å². The fraction of sp³-hybridized carbons (Fsp3) is 0.500. The molecule has 25 heavy (non-hydrogen) atoms. The first-order chi connectivity index (χ1) is 12.0. The minimum Gasteiger partial charge on any atom is -0.355 e. The van der Waals surface area contributed by atoms with Gasteiger partial charge in [-0.25, -0.2) is 4.79 Å². The van der Waals surface area contributed by atoms with Gasteiger partial charge in [0.1, 0.15) is 6.04 Å². The van der Waals surface area contributed by atoms with E-state index in [2.05, 4.69) is 16.0 Å². The molecule has 1 aliphatic heterocycles. The maximum atomic E-state index is 12.5. The Morgan fingerprint density at radius 3 is 2.56 bits per heavy atom. The van der Waals surface area contributed by atoms with Gasteiger partial charge in [0.05, 0.1) is 0 Å². The molecule has 4 amide bonds. The van der Waals surface area contributed by atoms with Gasteiger partial charge in [0.25, 0.3) is 5.91 Å². The Morgan fingerprint density at radius 2 is 1.88 bits per heavy atom. The molecule has 7 heteroatoms. The Kier molecular flexibility index (Phi) is 6.80. The average Bonchev–Trinajstić information content (AvgIpc) is 2.62. The second-order valence-electron chi connectivity index (χ2n) is 6.15. The highest BCUT2D eigenvalue weighted by Crippen LogP contribution is 2.16. The Balaban J connectivity index is 1.95. The van der Waals surface area contributed by atoms with Gasteiger partial charge >= 0.3 is 6.03 Å². The van der Waals surface area contributed by atoms with Crippen LogP contribution in [0, 0.1) is 0 Å². The minimum absolute atomic E-state index is 0.0144. The Bertz CT molecular complexity index is 627. The molecule has 0 aromatic heterocycles. The predicted molar refractivity (Wildman–Crippen MR) is 96.5 cm³/mol. The number of likely N-dealkylation sites (tertiary alicyclic amines) is 1. The molecular formula is C18H26N4O3. The number of benzene rings is 1. The van der Waals surface area contributed by atoms with Crippen LogP contribution in [-0.2, 0) is 4.79 Å². The van der Waals surface area contributed by atoms with E-state index in [1.807, 2.05) is 11.8 Å². The number of hydrogen-bond donors (Lipinski definition) is 3. The number of nitrogens with zero attached hydrogens (tertiary/aromatic N) is 1. The standard InChI is InChI=1S/C18H26N4O3/c1-3-19-16(23)13(2)20-18(25)21-15-9-7-8-14(12-15)17(24)22-10-5-4-6-11-22/h7-9,12-13H,3-6,10-11H2,1-2H3,(H,19,23)(H2,20,21,25). The van der Waals surface area contributed by atoms with Crippen LogP contribution in [0.1, 0.15) is 43.5 Å². The number of nitrogens with one attached hydrogen (secondary N) is 3. The van der Waals surface area contributed by atoms with Gasteiger partial charge in [-0.2, -0.15) is 0 Å². The second-order valence-corrected chi connectivity index (χ2v) is 6.15. The molecule has 0 radical (unpaired) electrons. The summed E-state index contributed by atoms with van der Waals surface area (Å²) in [5.41, 5.74) is 1.07. The van der Waals surface area contributed by atoms with Gasteiger partial charge in [0, 0.05) is 30.9 Å². The van der Waals surface area contributed by atoms with E-state index >= 15 is 0 Å². The van der Waals surface area contributed by atoms with Crippen LogP contribution in [0.2, 0.25) is 0 Å². The van der Waals surface area contributed by atoms with Crippen LogP contribution in [0.4, 0.5) is 10.5 Å². The molecule has 1 atom stereocenters. The number of amides is 4. The van der Waals surface area contributed by atoms with Gasteiger partial charge in [0.2, 0.25) is 5.91 Å². The largest absolute Gasteiger partial charge is 0.355 e. The number of hydrogen-bond acceptors (Lipinski definition) is 3. The van der Waals surface area contributed by atoms with Gasteiger partial charge in [0.15, 0.2) is 0 Å². The van der Waals surface area contributed by atoms with Crippen LogP contribution in [0.25, 0.3) is 0 Å². The lowest BCUT2D eigenvalue weighted by molar-refractivity contribution is -0.122. The zero-order valence-electron chi connectivity index (χ0n) is 14.8. The normalized spacial score (nSPS) is 15.2. The molecule has 1 aliphatic rings. The van der Waals surface area contributed by atoms with Gasteiger partial charge in [-0.05, 0) is 51.3 Å². The molecule has 0 spiro atoms. The van der Waals surface area contributed by atoms with Gasteiger partial charge < -0.3 is 20.9 Å². The van der Waals surface area contributed by atoms with E-state index in [1.165, 1.54) is 0 Å². The molecular weight excluding hydrogens is 320 g/mol. The average molecular weight is 346 g/mol. The van der Waals surface area contributed by atoms with Crippen molar-refractivity contribution < 1.29 is 14.4 Å². The lowest BCUT2D eigenvalue weighted by atomic mass is 10.1. The summed E-state index contributed by atoms with van der Waals surface area (Å²) in [4.78, 5) is 38.0. The highest BCUT2D eigenvalue weighted by atomic mass is 16.2. The number of rotatable bonds is 5. The van der Waals surface area contributed by atoms with E-state index in [4.69, 9.17) is 0 Å². The fourth-order valence-electron chi connectivity index (χ4n) is 2.77. The molecule has 1 fully saturated rings. The summed E-state index contributed by atoms with van der Waals surface area (Å²) in [5.74, 6) is -0.258. The van der Waals surface area contributed by atoms with Gasteiger partial charge in [-0.1, -0.05) is 6.07 Å². The van der Waals surface area contributed by atoms with E-state index in [9.17, 15) is 14.4 Å². The second kappa shape index (κ2) is 9.05. The molecule has 0 aliphatic carbocycles. The molecule has 0 saturated carbocycles. The quantitative estimate of drug-likeness (QED) is 0.761. The molecule has 1 aromatic carbocycles. The Hall–Kier alpha value is -2.57. The van der Waals surface area contributed by atoms with Crippen LogP contribution < -0.4 is 16.0 Å². The smallest absolute Gasteiger partial charge is 0.319 e. The molecule has 136 valence electrons. The third kappa shape index (κ3) is 5.48. The zero-order chi connectivity index (χ0) is 18.2. The van der Waals surface area contributed by atoms with E-state index < -0.39 is 12.1 Å². The summed E-state index contributed by atoms with van der Waals surface area (Å²) in [6, 6.07) is 5.73. The number of urea groups is 1. The summed E-state index contributed by atoms with van der Waals surface area (Å²) in [6.45, 7) is 5.49. The zero-order valence-corrected chi connectivity index (χ0v) is 14.8. The van der Waals surface area contributed by atoms with E-state index in [1.54, 1.807) is 31.2 Å². The van der Waals surface area contributed by atoms with Crippen LogP contribution in [0.15, 0.2) is 24.3 Å². The molecule has 2 rings (SSSR count). The van der Waals surface area contributed by atoms with Crippen LogP contribution in [0.5, 0.6) is 0 Å². The Morgan fingerprint density at radius 1 is 1.16 bits per heavy atom. The van der Waals surface area contributed by atoms with Crippen molar-refractivity contribution in [2.45, 2.75) is 39.2 Å². The third-order valence-corrected chi connectivity index (χ3v) is 4.10. The topological polar surface area (TPSA) is 90.5 Å². The number of carbonyl (C=O) groups is 3. The third-order valence-electron chi connectivity index (χ3n) is 4.10. The van der Waals surface area contributed by atoms with E-state index in [-0.39, 0.29) is 11.8 Å². The first kappa shape index (κ1) is 18.8. The molecule has 0 bridgehead atoms. The van der Waals surface area contributed by atoms with Crippen LogP contribution >= 0.6 is 0 Å². The maximum Gasteiger partial charge on any atom is 0.319 e. The lowest BCUT2D eigenvalue weighted by Gasteiger charge is -2.26. The van der Waals surface area contributed by atoms with Crippen molar-refractivity contribution in [1.82, 2.24) is 15.5 Å². The Labute approximate surface area is 148 Å². The maximum absolute atomic E-state index is 12.5. The first-order valence-electron chi connectivity index (χ1n) is 8.76. The van der Waals surface area contributed by atoms with Gasteiger partial charge in [-0.3, -0.25) is 9.59 Å². The number of carbonyl (C=O) groups excluding carboxylic acids is 3. The summed E-state index contributed by atoms with van der Waals surface area (Å²) >= 11 is 0. The van der Waals surface area contributed by atoms with E-state index in [0.717, 1.165) is 32.4 Å². The highest BCUT2D eigenvalue weighted by Gasteiger charge is 2.19. The van der Waals surface area contributed by atoms with Crippen molar-refractivity contribution in [2.75, 3.05) is 25.0 Å². The highest BCUT2D eigenvalue weighted by molar-refractivity contribution is 5.97. The van der Waals surface area contributed by atoms with Crippen molar-refractivity contribution in [3.63, 3.8) is 0 Å². The van der Waals surface area contributed by atoms with Crippen LogP contribution in [0.3, 0.4) is 0 Å². The molecule has 7 nitrogen and oxygen atoms in total. The molecule has 1 saturated heterocycles. The van der Waals surface area contributed by atoms with Crippen LogP contribution in [-0.4, -0.2) is 48.4 Å². The predicted octanol–water partition coefficient (Wildman–Crippen LogP) is 1.96. The molecule has 1 unspecified atom stereocenters. The van der Waals surface area contributed by atoms with Crippen molar-refractivity contribution in [3.05, 3.63) is 29.8 Å². The fourth-order valence-corrected chi connectivity index (χ4v) is 2.77. The van der Waals surface area contributed by atoms with Crippen molar-refractivity contribution in [2.24, 2.45) is 0 Å².